The zero-order valence-electron chi connectivity index (χ0n) is 22.1. The molecule has 1 aliphatic rings. The van der Waals surface area contributed by atoms with Crippen LogP contribution in [0.5, 0.6) is 11.5 Å². The number of thioether (sulfide) groups is 1. The number of hydrogen-bond donors (Lipinski definition) is 2. The first-order chi connectivity index (χ1) is 18.2. The number of ether oxygens (including phenoxy) is 2. The molecule has 0 fully saturated rings. The van der Waals surface area contributed by atoms with E-state index in [1.807, 2.05) is 37.5 Å². The van der Waals surface area contributed by atoms with Crippen molar-refractivity contribution < 1.29 is 19.1 Å². The maximum Gasteiger partial charge on any atom is 0.252 e. The zero-order chi connectivity index (χ0) is 27.4. The standard InChI is InChI=1S/C27H32IN5O4S/c1-6-33-25(24(16(4)5)30-26(35)17-7-10-21-22(11-17)37-14-36-21)31-32-27(33)38-13-23(34)29-20-9-8-18(28)12-19(20)15(2)3/h7-12,15-16,24H,6,13-14H2,1-5H3,(H,29,34)(H,30,35). The van der Waals surface area contributed by atoms with Crippen molar-refractivity contribution in [2.75, 3.05) is 17.9 Å². The number of carbonyl (C=O) groups is 2. The third-order valence-corrected chi connectivity index (χ3v) is 7.81. The summed E-state index contributed by atoms with van der Waals surface area (Å²) in [7, 11) is 0. The van der Waals surface area contributed by atoms with Crippen molar-refractivity contribution in [1.82, 2.24) is 20.1 Å². The maximum absolute atomic E-state index is 13.1. The molecule has 38 heavy (non-hydrogen) atoms. The molecule has 2 heterocycles. The van der Waals surface area contributed by atoms with E-state index >= 15 is 0 Å². The largest absolute Gasteiger partial charge is 0.454 e. The highest BCUT2D eigenvalue weighted by Crippen LogP contribution is 2.33. The Morgan fingerprint density at radius 2 is 1.84 bits per heavy atom. The van der Waals surface area contributed by atoms with Crippen LogP contribution in [0.4, 0.5) is 5.69 Å². The van der Waals surface area contributed by atoms with Gasteiger partial charge in [-0.25, -0.2) is 0 Å². The molecule has 0 spiro atoms. The number of nitrogens with one attached hydrogen (secondary N) is 2. The summed E-state index contributed by atoms with van der Waals surface area (Å²) in [5.74, 6) is 2.02. The van der Waals surface area contributed by atoms with Gasteiger partial charge in [0.1, 0.15) is 0 Å². The molecule has 0 saturated heterocycles. The van der Waals surface area contributed by atoms with Gasteiger partial charge in [0.2, 0.25) is 12.7 Å². The predicted octanol–water partition coefficient (Wildman–Crippen LogP) is 5.61. The molecule has 202 valence electrons. The van der Waals surface area contributed by atoms with Crippen LogP contribution in [0.2, 0.25) is 0 Å². The third kappa shape index (κ3) is 6.42. The van der Waals surface area contributed by atoms with Crippen molar-refractivity contribution in [2.24, 2.45) is 5.92 Å². The highest BCUT2D eigenvalue weighted by molar-refractivity contribution is 14.1. The van der Waals surface area contributed by atoms with Crippen molar-refractivity contribution in [2.45, 2.75) is 58.3 Å². The summed E-state index contributed by atoms with van der Waals surface area (Å²) in [6, 6.07) is 10.8. The van der Waals surface area contributed by atoms with Crippen LogP contribution in [0.3, 0.4) is 0 Å². The molecule has 4 rings (SSSR count). The second-order valence-corrected chi connectivity index (χ2v) is 11.8. The number of benzene rings is 2. The van der Waals surface area contributed by atoms with Crippen molar-refractivity contribution in [1.29, 1.82) is 0 Å². The maximum atomic E-state index is 13.1. The fourth-order valence-electron chi connectivity index (χ4n) is 4.17. The number of anilines is 1. The van der Waals surface area contributed by atoms with Gasteiger partial charge in [0, 0.05) is 21.4 Å². The molecule has 9 nitrogen and oxygen atoms in total. The first-order valence-electron chi connectivity index (χ1n) is 12.5. The van der Waals surface area contributed by atoms with E-state index in [0.29, 0.717) is 40.5 Å². The minimum absolute atomic E-state index is 0.0546. The minimum atomic E-state index is -0.371. The lowest BCUT2D eigenvalue weighted by Gasteiger charge is -2.22. The first-order valence-corrected chi connectivity index (χ1v) is 14.6. The summed E-state index contributed by atoms with van der Waals surface area (Å²) in [6.07, 6.45) is 0. The van der Waals surface area contributed by atoms with E-state index in [2.05, 4.69) is 63.3 Å². The van der Waals surface area contributed by atoms with Crippen molar-refractivity contribution >= 4 is 51.9 Å². The number of halogens is 1. The summed E-state index contributed by atoms with van der Waals surface area (Å²) in [5.41, 5.74) is 2.41. The fraction of sp³-hybridized carbons (Fsp3) is 0.407. The van der Waals surface area contributed by atoms with Gasteiger partial charge in [-0.2, -0.15) is 0 Å². The zero-order valence-corrected chi connectivity index (χ0v) is 25.1. The van der Waals surface area contributed by atoms with Crippen LogP contribution in [-0.2, 0) is 11.3 Å². The average molecular weight is 650 g/mol. The van der Waals surface area contributed by atoms with Gasteiger partial charge < -0.3 is 24.7 Å². The van der Waals surface area contributed by atoms with Crippen LogP contribution in [0.15, 0.2) is 41.6 Å². The van der Waals surface area contributed by atoms with Gasteiger partial charge in [0.25, 0.3) is 5.91 Å². The van der Waals surface area contributed by atoms with Gasteiger partial charge in [0.05, 0.1) is 11.8 Å². The Bertz CT molecular complexity index is 1330. The van der Waals surface area contributed by atoms with Gasteiger partial charge in [-0.1, -0.05) is 39.5 Å². The summed E-state index contributed by atoms with van der Waals surface area (Å²) in [6.45, 7) is 11.0. The summed E-state index contributed by atoms with van der Waals surface area (Å²) in [5, 5.41) is 15.6. The van der Waals surface area contributed by atoms with E-state index in [9.17, 15) is 9.59 Å². The molecule has 1 atom stereocenters. The van der Waals surface area contributed by atoms with Gasteiger partial charge >= 0.3 is 0 Å². The number of carbonyl (C=O) groups excluding carboxylic acids is 2. The number of hydrogen-bond acceptors (Lipinski definition) is 7. The summed E-state index contributed by atoms with van der Waals surface area (Å²) < 4.78 is 13.8. The van der Waals surface area contributed by atoms with Crippen LogP contribution in [0.1, 0.15) is 68.3 Å². The molecule has 1 aromatic heterocycles. The average Bonchev–Trinajstić information content (AvgIpc) is 3.52. The molecule has 0 saturated carbocycles. The Labute approximate surface area is 240 Å². The van der Waals surface area contributed by atoms with Crippen LogP contribution in [0, 0.1) is 9.49 Å². The molecule has 1 unspecified atom stereocenters. The number of fused-ring (bicyclic) bond motifs is 1. The van der Waals surface area contributed by atoms with Crippen molar-refractivity contribution in [3.05, 3.63) is 56.9 Å². The highest BCUT2D eigenvalue weighted by atomic mass is 127. The van der Waals surface area contributed by atoms with Gasteiger partial charge in [0.15, 0.2) is 22.5 Å². The van der Waals surface area contributed by atoms with Gasteiger partial charge in [-0.05, 0) is 83.3 Å². The molecular formula is C27H32IN5O4S. The Hall–Kier alpha value is -2.80. The molecule has 1 aliphatic heterocycles. The van der Waals surface area contributed by atoms with E-state index in [4.69, 9.17) is 9.47 Å². The smallest absolute Gasteiger partial charge is 0.252 e. The SMILES string of the molecule is CCn1c(SCC(=O)Nc2ccc(I)cc2C(C)C)nnc1C(NC(=O)c1ccc2c(c1)OCO2)C(C)C. The lowest BCUT2D eigenvalue weighted by Crippen LogP contribution is -2.33. The molecule has 0 radical (unpaired) electrons. The first kappa shape index (κ1) is 28.2. The normalized spacial score (nSPS) is 13.2. The van der Waals surface area contributed by atoms with Gasteiger partial charge in [-0.3, -0.25) is 9.59 Å². The second kappa shape index (κ2) is 12.4. The van der Waals surface area contributed by atoms with Crippen LogP contribution in [0.25, 0.3) is 0 Å². The highest BCUT2D eigenvalue weighted by Gasteiger charge is 2.27. The Balaban J connectivity index is 1.45. The van der Waals surface area contributed by atoms with E-state index < -0.39 is 0 Å². The molecule has 0 aliphatic carbocycles. The summed E-state index contributed by atoms with van der Waals surface area (Å²) >= 11 is 3.61. The van der Waals surface area contributed by atoms with Crippen LogP contribution < -0.4 is 20.1 Å². The number of nitrogens with zero attached hydrogens (tertiary/aromatic N) is 3. The second-order valence-electron chi connectivity index (χ2n) is 9.57. The van der Waals surface area contributed by atoms with Crippen molar-refractivity contribution in [3.63, 3.8) is 0 Å². The van der Waals surface area contributed by atoms with E-state index in [-0.39, 0.29) is 36.3 Å². The number of aromatic nitrogens is 3. The fourth-order valence-corrected chi connectivity index (χ4v) is 5.49. The lowest BCUT2D eigenvalue weighted by molar-refractivity contribution is -0.113. The Morgan fingerprint density at radius 1 is 1.08 bits per heavy atom. The molecule has 2 aromatic carbocycles. The quantitative estimate of drug-likeness (QED) is 0.217. The Morgan fingerprint density at radius 3 is 2.55 bits per heavy atom. The monoisotopic (exact) mass is 649 g/mol. The van der Waals surface area contributed by atoms with E-state index in [0.717, 1.165) is 14.8 Å². The van der Waals surface area contributed by atoms with E-state index in [1.165, 1.54) is 11.8 Å². The molecular weight excluding hydrogens is 617 g/mol. The Kier molecular flexibility index (Phi) is 9.19. The molecule has 2 N–H and O–H groups in total. The summed E-state index contributed by atoms with van der Waals surface area (Å²) in [4.78, 5) is 25.9. The molecule has 3 aromatic rings. The predicted molar refractivity (Wildman–Crippen MR) is 156 cm³/mol. The molecule has 11 heteroatoms. The topological polar surface area (TPSA) is 107 Å². The van der Waals surface area contributed by atoms with E-state index in [1.54, 1.807) is 18.2 Å². The molecule has 2 amide bonds. The van der Waals surface area contributed by atoms with Crippen LogP contribution >= 0.6 is 34.4 Å². The van der Waals surface area contributed by atoms with Gasteiger partial charge in [-0.15, -0.1) is 10.2 Å². The lowest BCUT2D eigenvalue weighted by atomic mass is 10.0. The van der Waals surface area contributed by atoms with Crippen molar-refractivity contribution in [3.8, 4) is 11.5 Å². The number of amides is 2. The minimum Gasteiger partial charge on any atom is -0.454 e. The van der Waals surface area contributed by atoms with Crippen LogP contribution in [-0.4, -0.2) is 39.1 Å². The molecule has 0 bridgehead atoms. The third-order valence-electron chi connectivity index (χ3n) is 6.17. The number of rotatable bonds is 10.